The molecule has 2 aliphatic heterocycles. The smallest absolute Gasteiger partial charge is 0.142 e. The van der Waals surface area contributed by atoms with Gasteiger partial charge in [0.05, 0.1) is 26.0 Å². The van der Waals surface area contributed by atoms with Gasteiger partial charge in [-0.15, -0.1) is 0 Å². The van der Waals surface area contributed by atoms with Gasteiger partial charge in [-0.25, -0.2) is 4.98 Å². The largest absolute Gasteiger partial charge is 0.496 e. The molecular formula is C21H24N4O2. The summed E-state index contributed by atoms with van der Waals surface area (Å²) in [6, 6.07) is 8.35. The third-order valence-corrected chi connectivity index (χ3v) is 5.41. The van der Waals surface area contributed by atoms with Gasteiger partial charge in [-0.2, -0.15) is 5.26 Å². The number of nitrogens with zero attached hydrogens (tertiary/aromatic N) is 3. The molecule has 4 rings (SSSR count). The van der Waals surface area contributed by atoms with Crippen LogP contribution in [-0.4, -0.2) is 36.7 Å². The summed E-state index contributed by atoms with van der Waals surface area (Å²) < 4.78 is 11.2. The molecule has 0 radical (unpaired) electrons. The Balaban J connectivity index is 1.83. The lowest BCUT2D eigenvalue weighted by Gasteiger charge is -2.22. The molecule has 0 aliphatic carbocycles. The summed E-state index contributed by atoms with van der Waals surface area (Å²) in [5.74, 6) is 1.17. The van der Waals surface area contributed by atoms with Gasteiger partial charge in [0.1, 0.15) is 23.2 Å². The number of pyridine rings is 1. The van der Waals surface area contributed by atoms with Crippen molar-refractivity contribution in [2.45, 2.75) is 32.4 Å². The molecule has 3 heterocycles. The molecule has 1 aromatic heterocycles. The van der Waals surface area contributed by atoms with Gasteiger partial charge < -0.3 is 15.2 Å². The van der Waals surface area contributed by atoms with E-state index in [1.165, 1.54) is 12.8 Å². The molecule has 0 atom stereocenters. The number of methoxy groups -OCH3 is 1. The van der Waals surface area contributed by atoms with Crippen molar-refractivity contribution in [1.29, 1.82) is 5.26 Å². The van der Waals surface area contributed by atoms with Crippen molar-refractivity contribution < 1.29 is 9.47 Å². The van der Waals surface area contributed by atoms with Crippen LogP contribution < -0.4 is 10.5 Å². The minimum absolute atomic E-state index is 0.296. The minimum Gasteiger partial charge on any atom is -0.496 e. The van der Waals surface area contributed by atoms with Crippen LogP contribution in [0, 0.1) is 11.3 Å². The highest BCUT2D eigenvalue weighted by atomic mass is 16.5. The molecule has 1 fully saturated rings. The van der Waals surface area contributed by atoms with Crippen LogP contribution in [0.15, 0.2) is 18.2 Å². The third-order valence-electron chi connectivity index (χ3n) is 5.41. The Hall–Kier alpha value is -2.62. The first-order valence-corrected chi connectivity index (χ1v) is 9.40. The molecule has 0 saturated carbocycles. The number of nitrogens with two attached hydrogens (primary N) is 1. The van der Waals surface area contributed by atoms with Crippen molar-refractivity contribution in [1.82, 2.24) is 9.88 Å². The van der Waals surface area contributed by atoms with Crippen LogP contribution >= 0.6 is 0 Å². The first-order chi connectivity index (χ1) is 13.2. The van der Waals surface area contributed by atoms with Crippen molar-refractivity contribution >= 4 is 5.82 Å². The van der Waals surface area contributed by atoms with Crippen molar-refractivity contribution in [2.75, 3.05) is 32.5 Å². The lowest BCUT2D eigenvalue weighted by molar-refractivity contribution is 0.109. The number of nitrogen functional groups attached to an aromatic ring is 1. The van der Waals surface area contributed by atoms with Crippen LogP contribution in [0.4, 0.5) is 5.82 Å². The van der Waals surface area contributed by atoms with Crippen LogP contribution in [-0.2, 0) is 24.3 Å². The van der Waals surface area contributed by atoms with Gasteiger partial charge in [0.25, 0.3) is 0 Å². The molecule has 0 spiro atoms. The fourth-order valence-corrected chi connectivity index (χ4v) is 4.07. The number of ether oxygens (including phenoxy) is 2. The normalized spacial score (nSPS) is 16.7. The van der Waals surface area contributed by atoms with Crippen LogP contribution in [0.1, 0.15) is 35.2 Å². The van der Waals surface area contributed by atoms with E-state index in [0.29, 0.717) is 24.6 Å². The van der Waals surface area contributed by atoms with E-state index in [0.717, 1.165) is 59.8 Å². The van der Waals surface area contributed by atoms with E-state index in [2.05, 4.69) is 22.0 Å². The summed E-state index contributed by atoms with van der Waals surface area (Å²) >= 11 is 0. The van der Waals surface area contributed by atoms with Gasteiger partial charge in [0, 0.05) is 29.7 Å². The van der Waals surface area contributed by atoms with Gasteiger partial charge in [-0.05, 0) is 43.6 Å². The lowest BCUT2D eigenvalue weighted by Crippen LogP contribution is -2.19. The number of benzene rings is 1. The summed E-state index contributed by atoms with van der Waals surface area (Å²) in [4.78, 5) is 6.89. The van der Waals surface area contributed by atoms with Gasteiger partial charge in [0.15, 0.2) is 0 Å². The van der Waals surface area contributed by atoms with Crippen LogP contribution in [0.25, 0.3) is 11.1 Å². The molecule has 140 valence electrons. The van der Waals surface area contributed by atoms with Gasteiger partial charge in [-0.1, -0.05) is 6.07 Å². The number of fused-ring (bicyclic) bond motifs is 1. The Kier molecular flexibility index (Phi) is 4.97. The number of likely N-dealkylation sites (tertiary alicyclic amines) is 1. The molecule has 0 unspecified atom stereocenters. The SMILES string of the molecule is COc1ccc(-c2c(C#N)c(N)nc3c2COCC3)cc1CN1CCCC1. The highest BCUT2D eigenvalue weighted by Gasteiger charge is 2.23. The van der Waals surface area contributed by atoms with Crippen molar-refractivity contribution in [2.24, 2.45) is 0 Å². The summed E-state index contributed by atoms with van der Waals surface area (Å²) in [6.45, 7) is 4.16. The molecule has 0 bridgehead atoms. The van der Waals surface area contributed by atoms with Gasteiger partial charge in [0.2, 0.25) is 0 Å². The van der Waals surface area contributed by atoms with Crippen molar-refractivity contribution in [3.63, 3.8) is 0 Å². The predicted octanol–water partition coefficient (Wildman–Crippen LogP) is 2.88. The first-order valence-electron chi connectivity index (χ1n) is 9.40. The number of nitriles is 1. The fourth-order valence-electron chi connectivity index (χ4n) is 4.07. The summed E-state index contributed by atoms with van der Waals surface area (Å²) in [7, 11) is 1.70. The Morgan fingerprint density at radius 3 is 2.89 bits per heavy atom. The van der Waals surface area contributed by atoms with Gasteiger partial charge >= 0.3 is 0 Å². The van der Waals surface area contributed by atoms with Crippen LogP contribution in [0.3, 0.4) is 0 Å². The highest BCUT2D eigenvalue weighted by molar-refractivity contribution is 5.80. The molecule has 2 N–H and O–H groups in total. The number of rotatable bonds is 4. The molecule has 2 aromatic rings. The Labute approximate surface area is 159 Å². The monoisotopic (exact) mass is 364 g/mol. The average Bonchev–Trinajstić information content (AvgIpc) is 3.20. The molecule has 27 heavy (non-hydrogen) atoms. The Morgan fingerprint density at radius 2 is 2.15 bits per heavy atom. The quantitative estimate of drug-likeness (QED) is 0.898. The average molecular weight is 364 g/mol. The highest BCUT2D eigenvalue weighted by Crippen LogP contribution is 2.36. The summed E-state index contributed by atoms with van der Waals surface area (Å²) in [6.07, 6.45) is 3.20. The van der Waals surface area contributed by atoms with E-state index in [4.69, 9.17) is 15.2 Å². The molecule has 6 nitrogen and oxygen atoms in total. The second-order valence-electron chi connectivity index (χ2n) is 7.10. The maximum atomic E-state index is 9.72. The third kappa shape index (κ3) is 3.36. The Morgan fingerprint density at radius 1 is 1.33 bits per heavy atom. The number of anilines is 1. The van der Waals surface area contributed by atoms with E-state index in [9.17, 15) is 5.26 Å². The van der Waals surface area contributed by atoms with E-state index in [-0.39, 0.29) is 0 Å². The summed E-state index contributed by atoms with van der Waals surface area (Å²) in [5.41, 5.74) is 11.4. The second kappa shape index (κ2) is 7.55. The topological polar surface area (TPSA) is 84.4 Å². The first kappa shape index (κ1) is 17.8. The maximum absolute atomic E-state index is 9.72. The summed E-state index contributed by atoms with van der Waals surface area (Å²) in [5, 5.41) is 9.72. The van der Waals surface area contributed by atoms with E-state index in [1.807, 2.05) is 12.1 Å². The van der Waals surface area contributed by atoms with E-state index >= 15 is 0 Å². The number of hydrogen-bond donors (Lipinski definition) is 1. The van der Waals surface area contributed by atoms with E-state index in [1.54, 1.807) is 7.11 Å². The van der Waals surface area contributed by atoms with Gasteiger partial charge in [-0.3, -0.25) is 4.90 Å². The molecule has 2 aliphatic rings. The van der Waals surface area contributed by atoms with Crippen molar-refractivity contribution in [3.05, 3.63) is 40.6 Å². The zero-order valence-corrected chi connectivity index (χ0v) is 15.6. The minimum atomic E-state index is 0.296. The maximum Gasteiger partial charge on any atom is 0.142 e. The van der Waals surface area contributed by atoms with Crippen molar-refractivity contribution in [3.8, 4) is 22.9 Å². The zero-order valence-electron chi connectivity index (χ0n) is 15.6. The number of hydrogen-bond acceptors (Lipinski definition) is 6. The standard InChI is InChI=1S/C21H24N4O2/c1-26-19-5-4-14(10-15(19)12-25-7-2-3-8-25)20-16(11-22)21(23)24-18-6-9-27-13-17(18)20/h4-5,10H,2-3,6-9,12-13H2,1H3,(H2,23,24). The molecule has 6 heteroatoms. The fraction of sp³-hybridized carbons (Fsp3) is 0.429. The predicted molar refractivity (Wildman–Crippen MR) is 103 cm³/mol. The molecule has 1 saturated heterocycles. The lowest BCUT2D eigenvalue weighted by atomic mass is 9.91. The molecular weight excluding hydrogens is 340 g/mol. The molecule has 0 amide bonds. The van der Waals surface area contributed by atoms with Crippen LogP contribution in [0.5, 0.6) is 5.75 Å². The number of aromatic nitrogens is 1. The van der Waals surface area contributed by atoms with E-state index < -0.39 is 0 Å². The zero-order chi connectivity index (χ0) is 18.8. The Bertz CT molecular complexity index is 898. The molecule has 1 aromatic carbocycles. The van der Waals surface area contributed by atoms with Crippen LogP contribution in [0.2, 0.25) is 0 Å². The second-order valence-corrected chi connectivity index (χ2v) is 7.10.